The van der Waals surface area contributed by atoms with Gasteiger partial charge in [-0.3, -0.25) is 0 Å². The molecule has 0 aliphatic rings. The van der Waals surface area contributed by atoms with E-state index in [9.17, 15) is 0 Å². The number of aryl methyl sites for hydroxylation is 1. The molecule has 0 saturated heterocycles. The zero-order valence-corrected chi connectivity index (χ0v) is 16.5. The van der Waals surface area contributed by atoms with Gasteiger partial charge in [-0.25, -0.2) is 0 Å². The number of hydrogen-bond acceptors (Lipinski definition) is 6. The van der Waals surface area contributed by atoms with Gasteiger partial charge >= 0.3 is 0 Å². The normalized spacial score (nSPS) is 10.7. The second kappa shape index (κ2) is 8.22. The minimum absolute atomic E-state index is 0.405. The second-order valence-electron chi connectivity index (χ2n) is 6.49. The Balaban J connectivity index is 1.79. The number of hydrogen-bond donors (Lipinski definition) is 2. The summed E-state index contributed by atoms with van der Waals surface area (Å²) in [4.78, 5) is 4.46. The van der Waals surface area contributed by atoms with Gasteiger partial charge in [0.05, 0.1) is 19.0 Å². The van der Waals surface area contributed by atoms with Gasteiger partial charge < -0.3 is 15.4 Å². The van der Waals surface area contributed by atoms with Crippen molar-refractivity contribution in [1.29, 1.82) is 0 Å². The van der Waals surface area contributed by atoms with Crippen molar-refractivity contribution in [3.63, 3.8) is 0 Å². The maximum absolute atomic E-state index is 6.16. The largest absolute Gasteiger partial charge is 0.495 e. The van der Waals surface area contributed by atoms with Crippen LogP contribution in [-0.4, -0.2) is 22.3 Å². The highest BCUT2D eigenvalue weighted by atomic mass is 35.5. The molecule has 3 rings (SSSR count). The fraction of sp³-hybridized carbons (Fsp3) is 0.250. The quantitative estimate of drug-likeness (QED) is 0.589. The van der Waals surface area contributed by atoms with E-state index in [0.29, 0.717) is 28.5 Å². The maximum Gasteiger partial charge on any atom is 0.249 e. The van der Waals surface area contributed by atoms with Crippen molar-refractivity contribution in [3.8, 4) is 5.75 Å². The molecule has 2 N–H and O–H groups in total. The molecule has 1 aromatic heterocycles. The molecule has 0 radical (unpaired) electrons. The minimum atomic E-state index is 0.405. The fourth-order valence-corrected chi connectivity index (χ4v) is 2.72. The lowest BCUT2D eigenvalue weighted by Gasteiger charge is -2.13. The molecule has 6 nitrogen and oxygen atoms in total. The lowest BCUT2D eigenvalue weighted by atomic mass is 10.0. The molecule has 1 heterocycles. The van der Waals surface area contributed by atoms with Crippen LogP contribution in [0.15, 0.2) is 42.6 Å². The molecule has 0 aliphatic carbocycles. The number of anilines is 4. The van der Waals surface area contributed by atoms with Gasteiger partial charge in [0.25, 0.3) is 0 Å². The van der Waals surface area contributed by atoms with Crippen LogP contribution in [0, 0.1) is 6.92 Å². The van der Waals surface area contributed by atoms with Gasteiger partial charge in [-0.1, -0.05) is 37.6 Å². The molecule has 0 atom stereocenters. The number of methoxy groups -OCH3 is 1. The molecule has 0 bridgehead atoms. The van der Waals surface area contributed by atoms with Gasteiger partial charge in [0.1, 0.15) is 5.75 Å². The van der Waals surface area contributed by atoms with Crippen LogP contribution >= 0.6 is 11.6 Å². The molecule has 7 heteroatoms. The van der Waals surface area contributed by atoms with Crippen LogP contribution in [0.2, 0.25) is 5.02 Å². The van der Waals surface area contributed by atoms with Crippen LogP contribution in [0.3, 0.4) is 0 Å². The molecular weight excluding hydrogens is 362 g/mol. The number of rotatable bonds is 6. The summed E-state index contributed by atoms with van der Waals surface area (Å²) in [6, 6.07) is 11.9. The number of halogens is 1. The molecule has 140 valence electrons. The van der Waals surface area contributed by atoms with Crippen molar-refractivity contribution in [2.45, 2.75) is 26.7 Å². The zero-order valence-electron chi connectivity index (χ0n) is 15.7. The zero-order chi connectivity index (χ0) is 19.4. The van der Waals surface area contributed by atoms with Crippen molar-refractivity contribution in [2.75, 3.05) is 17.7 Å². The van der Waals surface area contributed by atoms with Gasteiger partial charge in [0.2, 0.25) is 5.95 Å². The Morgan fingerprint density at radius 2 is 1.81 bits per heavy atom. The first kappa shape index (κ1) is 18.9. The van der Waals surface area contributed by atoms with E-state index < -0.39 is 0 Å². The third-order valence-electron chi connectivity index (χ3n) is 4.14. The first-order valence-electron chi connectivity index (χ1n) is 8.64. The van der Waals surface area contributed by atoms with Crippen molar-refractivity contribution >= 4 is 34.7 Å². The summed E-state index contributed by atoms with van der Waals surface area (Å²) in [6.45, 7) is 6.26. The summed E-state index contributed by atoms with van der Waals surface area (Å²) in [6.07, 6.45) is 1.55. The van der Waals surface area contributed by atoms with Gasteiger partial charge in [0.15, 0.2) is 5.82 Å². The third-order valence-corrected chi connectivity index (χ3v) is 4.54. The van der Waals surface area contributed by atoms with Crippen LogP contribution in [0.5, 0.6) is 5.75 Å². The van der Waals surface area contributed by atoms with E-state index in [1.54, 1.807) is 19.4 Å². The summed E-state index contributed by atoms with van der Waals surface area (Å²) >= 11 is 6.16. The molecule has 0 unspecified atom stereocenters. The van der Waals surface area contributed by atoms with E-state index in [1.807, 2.05) is 25.1 Å². The number of nitrogens with one attached hydrogen (secondary N) is 2. The SMILES string of the molecule is COc1cc(Cl)c(C)cc1Nc1cnnc(Nc2ccc(C(C)C)cc2)n1. The van der Waals surface area contributed by atoms with E-state index in [4.69, 9.17) is 16.3 Å². The molecule has 0 fully saturated rings. The predicted molar refractivity (Wildman–Crippen MR) is 110 cm³/mol. The Bertz CT molecular complexity index is 928. The monoisotopic (exact) mass is 383 g/mol. The first-order chi connectivity index (χ1) is 13.0. The summed E-state index contributed by atoms with van der Waals surface area (Å²) in [7, 11) is 1.60. The highest BCUT2D eigenvalue weighted by Gasteiger charge is 2.09. The van der Waals surface area contributed by atoms with E-state index in [-0.39, 0.29) is 0 Å². The van der Waals surface area contributed by atoms with Crippen LogP contribution < -0.4 is 15.4 Å². The highest BCUT2D eigenvalue weighted by molar-refractivity contribution is 6.31. The number of aromatic nitrogens is 3. The smallest absolute Gasteiger partial charge is 0.249 e. The predicted octanol–water partition coefficient (Wildman–Crippen LogP) is 5.45. The molecule has 0 aliphatic heterocycles. The molecule has 0 saturated carbocycles. The lowest BCUT2D eigenvalue weighted by molar-refractivity contribution is 0.416. The Hall–Kier alpha value is -2.86. The van der Waals surface area contributed by atoms with E-state index >= 15 is 0 Å². The lowest BCUT2D eigenvalue weighted by Crippen LogP contribution is -2.03. The van der Waals surface area contributed by atoms with Crippen LogP contribution in [-0.2, 0) is 0 Å². The Kier molecular flexibility index (Phi) is 5.76. The Morgan fingerprint density at radius 1 is 1.07 bits per heavy atom. The van der Waals surface area contributed by atoms with Crippen molar-refractivity contribution in [3.05, 3.63) is 58.7 Å². The molecule has 3 aromatic rings. The molecule has 0 spiro atoms. The van der Waals surface area contributed by atoms with Crippen LogP contribution in [0.4, 0.5) is 23.1 Å². The average molecular weight is 384 g/mol. The van der Waals surface area contributed by atoms with E-state index in [1.165, 1.54) is 5.56 Å². The van der Waals surface area contributed by atoms with Crippen molar-refractivity contribution in [1.82, 2.24) is 15.2 Å². The van der Waals surface area contributed by atoms with Gasteiger partial charge in [-0.2, -0.15) is 10.1 Å². The van der Waals surface area contributed by atoms with E-state index in [0.717, 1.165) is 16.9 Å². The average Bonchev–Trinajstić information content (AvgIpc) is 2.65. The minimum Gasteiger partial charge on any atom is -0.495 e. The van der Waals surface area contributed by atoms with Gasteiger partial charge in [-0.05, 0) is 42.2 Å². The maximum atomic E-state index is 6.16. The Labute approximate surface area is 164 Å². The highest BCUT2D eigenvalue weighted by Crippen LogP contribution is 2.32. The summed E-state index contributed by atoms with van der Waals surface area (Å²) in [5.41, 5.74) is 3.87. The summed E-state index contributed by atoms with van der Waals surface area (Å²) < 4.78 is 5.38. The Morgan fingerprint density at radius 3 is 2.48 bits per heavy atom. The van der Waals surface area contributed by atoms with Gasteiger partial charge in [-0.15, -0.1) is 5.10 Å². The fourth-order valence-electron chi connectivity index (χ4n) is 2.56. The van der Waals surface area contributed by atoms with Crippen molar-refractivity contribution < 1.29 is 4.74 Å². The van der Waals surface area contributed by atoms with Crippen LogP contribution in [0.25, 0.3) is 0 Å². The standard InChI is InChI=1S/C20H22ClN5O/c1-12(2)14-5-7-15(8-6-14)23-20-25-19(11-22-26-20)24-17-9-13(3)16(21)10-18(17)27-4/h5-12H,1-4H3,(H2,23,24,25,26). The number of nitrogens with zero attached hydrogens (tertiary/aromatic N) is 3. The first-order valence-corrected chi connectivity index (χ1v) is 9.02. The number of ether oxygens (including phenoxy) is 1. The second-order valence-corrected chi connectivity index (χ2v) is 6.90. The third kappa shape index (κ3) is 4.65. The molecule has 0 amide bonds. The molecule has 27 heavy (non-hydrogen) atoms. The molecular formula is C20H22ClN5O. The van der Waals surface area contributed by atoms with E-state index in [2.05, 4.69) is 51.8 Å². The van der Waals surface area contributed by atoms with Gasteiger partial charge in [0, 0.05) is 16.8 Å². The summed E-state index contributed by atoms with van der Waals surface area (Å²) in [5.74, 6) is 2.07. The van der Waals surface area contributed by atoms with Crippen LogP contribution in [0.1, 0.15) is 30.9 Å². The van der Waals surface area contributed by atoms with Crippen molar-refractivity contribution in [2.24, 2.45) is 0 Å². The molecule has 2 aromatic carbocycles. The summed E-state index contributed by atoms with van der Waals surface area (Å²) in [5, 5.41) is 15.1. The topological polar surface area (TPSA) is 72.0 Å². The number of benzene rings is 2.